The van der Waals surface area contributed by atoms with Crippen molar-refractivity contribution in [2.24, 2.45) is 10.7 Å². The summed E-state index contributed by atoms with van der Waals surface area (Å²) in [7, 11) is 0. The second-order valence-electron chi connectivity index (χ2n) is 6.70. The standard InChI is InChI=1S/C19H24F3N7O.HI/c20-19(21,22)30-16-5-3-15(4-6-16)27-17(23)24-9-2-10-28-11-13-29(14-12-28)18-25-7-1-8-26-18;/h1,3-8H,2,9-14H2,(H3,23,24,27);1H. The van der Waals surface area contributed by atoms with Gasteiger partial charge in [0.15, 0.2) is 5.96 Å². The van der Waals surface area contributed by atoms with E-state index in [1.54, 1.807) is 18.5 Å². The Morgan fingerprint density at radius 2 is 1.74 bits per heavy atom. The number of anilines is 2. The van der Waals surface area contributed by atoms with E-state index in [0.717, 1.165) is 45.1 Å². The molecule has 1 aliphatic rings. The average Bonchev–Trinajstić information content (AvgIpc) is 2.73. The molecule has 2 heterocycles. The Kier molecular flexibility index (Phi) is 9.55. The molecule has 170 valence electrons. The van der Waals surface area contributed by atoms with Gasteiger partial charge < -0.3 is 20.7 Å². The van der Waals surface area contributed by atoms with Crippen LogP contribution in [-0.2, 0) is 0 Å². The van der Waals surface area contributed by atoms with Crippen LogP contribution in [-0.4, -0.2) is 66.5 Å². The highest BCUT2D eigenvalue weighted by Gasteiger charge is 2.30. The second kappa shape index (κ2) is 11.9. The first-order valence-electron chi connectivity index (χ1n) is 9.56. The molecule has 3 N–H and O–H groups in total. The highest BCUT2D eigenvalue weighted by atomic mass is 127. The highest BCUT2D eigenvalue weighted by Crippen LogP contribution is 2.23. The van der Waals surface area contributed by atoms with Crippen molar-refractivity contribution in [3.05, 3.63) is 42.7 Å². The molecule has 0 aliphatic carbocycles. The molecule has 0 spiro atoms. The molecule has 2 aromatic rings. The molecular weight excluding hydrogens is 526 g/mol. The van der Waals surface area contributed by atoms with Crippen LogP contribution in [0.4, 0.5) is 24.8 Å². The Balaban J connectivity index is 0.00000341. The van der Waals surface area contributed by atoms with Crippen molar-refractivity contribution in [2.75, 3.05) is 49.5 Å². The third kappa shape index (κ3) is 8.73. The van der Waals surface area contributed by atoms with E-state index in [9.17, 15) is 13.2 Å². The Hall–Kier alpha value is -2.35. The van der Waals surface area contributed by atoms with Crippen LogP contribution in [0.15, 0.2) is 47.7 Å². The van der Waals surface area contributed by atoms with Gasteiger partial charge in [-0.3, -0.25) is 9.89 Å². The van der Waals surface area contributed by atoms with Gasteiger partial charge in [-0.15, -0.1) is 37.1 Å². The van der Waals surface area contributed by atoms with Crippen LogP contribution < -0.4 is 20.7 Å². The van der Waals surface area contributed by atoms with E-state index in [2.05, 4.69) is 34.8 Å². The predicted molar refractivity (Wildman–Crippen MR) is 124 cm³/mol. The summed E-state index contributed by atoms with van der Waals surface area (Å²) < 4.78 is 40.3. The minimum absolute atomic E-state index is 0. The van der Waals surface area contributed by atoms with Crippen molar-refractivity contribution in [3.8, 4) is 5.75 Å². The summed E-state index contributed by atoms with van der Waals surface area (Å²) in [5.41, 5.74) is 6.37. The molecule has 8 nitrogen and oxygen atoms in total. The smallest absolute Gasteiger partial charge is 0.406 e. The van der Waals surface area contributed by atoms with E-state index in [4.69, 9.17) is 5.73 Å². The number of nitrogens with two attached hydrogens (primary N) is 1. The zero-order chi connectivity index (χ0) is 21.4. The van der Waals surface area contributed by atoms with Crippen molar-refractivity contribution in [1.82, 2.24) is 14.9 Å². The number of rotatable bonds is 7. The summed E-state index contributed by atoms with van der Waals surface area (Å²) in [4.78, 5) is 17.3. The van der Waals surface area contributed by atoms with Gasteiger partial charge in [-0.25, -0.2) is 9.97 Å². The number of nitrogens with one attached hydrogen (secondary N) is 1. The van der Waals surface area contributed by atoms with Crippen molar-refractivity contribution in [2.45, 2.75) is 12.8 Å². The number of benzene rings is 1. The molecule has 0 radical (unpaired) electrons. The number of aliphatic imine (C=N–C) groups is 1. The van der Waals surface area contributed by atoms with E-state index < -0.39 is 6.36 Å². The van der Waals surface area contributed by atoms with Crippen LogP contribution in [0.25, 0.3) is 0 Å². The average molecular weight is 551 g/mol. The van der Waals surface area contributed by atoms with Gasteiger partial charge >= 0.3 is 6.36 Å². The van der Waals surface area contributed by atoms with Gasteiger partial charge in [-0.1, -0.05) is 0 Å². The van der Waals surface area contributed by atoms with Crippen LogP contribution >= 0.6 is 24.0 Å². The summed E-state index contributed by atoms with van der Waals surface area (Å²) in [5, 5.41) is 2.85. The van der Waals surface area contributed by atoms with Gasteiger partial charge in [-0.2, -0.15) is 0 Å². The van der Waals surface area contributed by atoms with Crippen molar-refractivity contribution in [1.29, 1.82) is 0 Å². The fourth-order valence-corrected chi connectivity index (χ4v) is 3.05. The normalized spacial score (nSPS) is 15.3. The van der Waals surface area contributed by atoms with Crippen molar-refractivity contribution in [3.63, 3.8) is 0 Å². The maximum Gasteiger partial charge on any atom is 0.573 e. The lowest BCUT2D eigenvalue weighted by molar-refractivity contribution is -0.274. The number of halogens is 4. The summed E-state index contributed by atoms with van der Waals surface area (Å²) in [6.45, 7) is 5.08. The van der Waals surface area contributed by atoms with Gasteiger partial charge in [0, 0.05) is 57.3 Å². The van der Waals surface area contributed by atoms with E-state index >= 15 is 0 Å². The van der Waals surface area contributed by atoms with Gasteiger partial charge in [0.2, 0.25) is 5.95 Å². The predicted octanol–water partition coefficient (Wildman–Crippen LogP) is 2.93. The molecule has 31 heavy (non-hydrogen) atoms. The number of nitrogens with zero attached hydrogens (tertiary/aromatic N) is 5. The minimum atomic E-state index is -4.71. The van der Waals surface area contributed by atoms with Crippen molar-refractivity contribution < 1.29 is 17.9 Å². The number of hydrogen-bond donors (Lipinski definition) is 2. The molecule has 1 aromatic carbocycles. The SMILES string of the molecule is I.NC(=NCCCN1CCN(c2ncccn2)CC1)Nc1ccc(OC(F)(F)F)cc1. The van der Waals surface area contributed by atoms with Crippen molar-refractivity contribution >= 4 is 41.6 Å². The third-order valence-corrected chi connectivity index (χ3v) is 4.48. The molecule has 1 aromatic heterocycles. The van der Waals surface area contributed by atoms with Gasteiger partial charge in [-0.05, 0) is 36.8 Å². The summed E-state index contributed by atoms with van der Waals surface area (Å²) in [5.74, 6) is 0.687. The molecule has 1 aliphatic heterocycles. The highest BCUT2D eigenvalue weighted by molar-refractivity contribution is 14.0. The van der Waals surface area contributed by atoms with E-state index in [0.29, 0.717) is 12.2 Å². The first-order chi connectivity index (χ1) is 14.4. The van der Waals surface area contributed by atoms with E-state index in [1.165, 1.54) is 24.3 Å². The minimum Gasteiger partial charge on any atom is -0.406 e. The van der Waals surface area contributed by atoms with E-state index in [1.807, 2.05) is 0 Å². The molecular formula is C19H25F3IN7O. The number of aromatic nitrogens is 2. The van der Waals surface area contributed by atoms with Gasteiger partial charge in [0.25, 0.3) is 0 Å². The molecule has 1 fully saturated rings. The molecule has 12 heteroatoms. The fourth-order valence-electron chi connectivity index (χ4n) is 3.05. The van der Waals surface area contributed by atoms with Crippen LogP contribution in [0, 0.1) is 0 Å². The quantitative estimate of drug-likeness (QED) is 0.237. The zero-order valence-corrected chi connectivity index (χ0v) is 19.1. The molecule has 0 atom stereocenters. The Morgan fingerprint density at radius 1 is 1.10 bits per heavy atom. The number of alkyl halides is 3. The lowest BCUT2D eigenvalue weighted by atomic mass is 10.3. The van der Waals surface area contributed by atoms with Crippen LogP contribution in [0.2, 0.25) is 0 Å². The summed E-state index contributed by atoms with van der Waals surface area (Å²) >= 11 is 0. The topological polar surface area (TPSA) is 91.9 Å². The van der Waals surface area contributed by atoms with Crippen LogP contribution in [0.1, 0.15) is 6.42 Å². The maximum absolute atomic E-state index is 12.2. The third-order valence-electron chi connectivity index (χ3n) is 4.48. The Morgan fingerprint density at radius 3 is 2.35 bits per heavy atom. The van der Waals surface area contributed by atoms with Gasteiger partial charge in [0.1, 0.15) is 5.75 Å². The molecule has 0 amide bonds. The van der Waals surface area contributed by atoms with Gasteiger partial charge in [0.05, 0.1) is 0 Å². The lowest BCUT2D eigenvalue weighted by Crippen LogP contribution is -2.47. The van der Waals surface area contributed by atoms with Crippen LogP contribution in [0.5, 0.6) is 5.75 Å². The number of guanidine groups is 1. The molecule has 0 bridgehead atoms. The Labute approximate surface area is 195 Å². The second-order valence-corrected chi connectivity index (χ2v) is 6.70. The first-order valence-corrected chi connectivity index (χ1v) is 9.56. The van der Waals surface area contributed by atoms with Crippen LogP contribution in [0.3, 0.4) is 0 Å². The largest absolute Gasteiger partial charge is 0.573 e. The van der Waals surface area contributed by atoms with E-state index in [-0.39, 0.29) is 35.7 Å². The molecule has 3 rings (SSSR count). The zero-order valence-electron chi connectivity index (χ0n) is 16.8. The first kappa shape index (κ1) is 24.9. The maximum atomic E-state index is 12.2. The Bertz CT molecular complexity index is 814. The number of piperazine rings is 1. The monoisotopic (exact) mass is 551 g/mol. The summed E-state index contributed by atoms with van der Waals surface area (Å²) in [6, 6.07) is 7.11. The number of hydrogen-bond acceptors (Lipinski definition) is 6. The molecule has 0 saturated carbocycles. The number of ether oxygens (including phenoxy) is 1. The summed E-state index contributed by atoms with van der Waals surface area (Å²) in [6.07, 6.45) is -0.369. The molecule has 1 saturated heterocycles. The molecule has 0 unspecified atom stereocenters. The fraction of sp³-hybridized carbons (Fsp3) is 0.421. The lowest BCUT2D eigenvalue weighted by Gasteiger charge is -2.34.